The molecule has 0 aliphatic heterocycles. The van der Waals surface area contributed by atoms with Crippen molar-refractivity contribution in [1.82, 2.24) is 14.0 Å². The maximum absolute atomic E-state index is 12.8. The number of nitrogens with zero attached hydrogens (tertiary/aromatic N) is 3. The maximum atomic E-state index is 12.8. The Morgan fingerprint density at radius 3 is 2.36 bits per heavy atom. The minimum atomic E-state index is -0.658. The quantitative estimate of drug-likeness (QED) is 0.767. The van der Waals surface area contributed by atoms with Crippen LogP contribution in [0.15, 0.2) is 39.9 Å². The predicted octanol–water partition coefficient (Wildman–Crippen LogP) is 0.412. The van der Waals surface area contributed by atoms with Crippen LogP contribution in [-0.4, -0.2) is 39.5 Å². The van der Waals surface area contributed by atoms with Crippen LogP contribution in [0.3, 0.4) is 0 Å². The molecule has 0 aliphatic carbocycles. The zero-order valence-corrected chi connectivity index (χ0v) is 15.0. The van der Waals surface area contributed by atoms with E-state index in [9.17, 15) is 14.4 Å². The smallest absolute Gasteiger partial charge is 0.332 e. The third kappa shape index (κ3) is 3.71. The zero-order chi connectivity index (χ0) is 18.7. The summed E-state index contributed by atoms with van der Waals surface area (Å²) in [7, 11) is 4.61. The van der Waals surface area contributed by atoms with E-state index in [1.165, 1.54) is 19.7 Å². The number of carbonyl (C=O) groups is 1. The Morgan fingerprint density at radius 1 is 1.16 bits per heavy atom. The molecule has 0 unspecified atom stereocenters. The summed E-state index contributed by atoms with van der Waals surface area (Å²) >= 11 is 0. The number of Topliss-reactive ketones (excluding diaryl/α,β-unsaturated/α-hetero) is 1. The molecule has 134 valence electrons. The highest BCUT2D eigenvalue weighted by molar-refractivity contribution is 6.03. The van der Waals surface area contributed by atoms with Crippen LogP contribution in [0.4, 0.5) is 5.82 Å². The fourth-order valence-corrected chi connectivity index (χ4v) is 2.64. The van der Waals surface area contributed by atoms with Crippen LogP contribution in [0.1, 0.15) is 22.8 Å². The van der Waals surface area contributed by atoms with E-state index in [1.54, 1.807) is 6.92 Å². The summed E-state index contributed by atoms with van der Waals surface area (Å²) in [6, 6.07) is 9.42. The SMILES string of the molecule is C[C@H](C(=O)c1c(N)n(C)c(=O)n(C)c1=O)N(C)CCc1ccccc1. The Hall–Kier alpha value is -2.67. The van der Waals surface area contributed by atoms with E-state index < -0.39 is 17.3 Å². The van der Waals surface area contributed by atoms with Gasteiger partial charge in [-0.1, -0.05) is 30.3 Å². The number of hydrogen-bond acceptors (Lipinski definition) is 5. The third-order valence-electron chi connectivity index (χ3n) is 4.59. The number of aromatic nitrogens is 2. The number of nitrogen functional groups attached to an aromatic ring is 1. The highest BCUT2D eigenvalue weighted by atomic mass is 16.2. The summed E-state index contributed by atoms with van der Waals surface area (Å²) in [5.41, 5.74) is 5.69. The first-order chi connectivity index (χ1) is 11.8. The van der Waals surface area contributed by atoms with Gasteiger partial charge in [0.15, 0.2) is 5.78 Å². The molecule has 0 spiro atoms. The van der Waals surface area contributed by atoms with Crippen molar-refractivity contribution in [3.63, 3.8) is 0 Å². The second kappa shape index (κ2) is 7.48. The minimum absolute atomic E-state index is 0.0959. The molecule has 0 saturated carbocycles. The molecule has 0 amide bonds. The van der Waals surface area contributed by atoms with E-state index >= 15 is 0 Å². The summed E-state index contributed by atoms with van der Waals surface area (Å²) in [5, 5.41) is 0. The van der Waals surface area contributed by atoms with E-state index in [1.807, 2.05) is 42.3 Å². The molecular formula is C18H24N4O3. The van der Waals surface area contributed by atoms with Gasteiger partial charge in [-0.25, -0.2) is 4.79 Å². The average molecular weight is 344 g/mol. The monoisotopic (exact) mass is 344 g/mol. The molecule has 1 aromatic carbocycles. The summed E-state index contributed by atoms with van der Waals surface area (Å²) in [5.74, 6) is -0.481. The Morgan fingerprint density at radius 2 is 1.76 bits per heavy atom. The predicted molar refractivity (Wildman–Crippen MR) is 97.9 cm³/mol. The summed E-state index contributed by atoms with van der Waals surface area (Å²) in [6.45, 7) is 2.39. The number of anilines is 1. The van der Waals surface area contributed by atoms with Crippen molar-refractivity contribution in [3.8, 4) is 0 Å². The van der Waals surface area contributed by atoms with Gasteiger partial charge in [0.05, 0.1) is 6.04 Å². The van der Waals surface area contributed by atoms with E-state index in [-0.39, 0.29) is 17.2 Å². The van der Waals surface area contributed by atoms with Crippen LogP contribution in [0.25, 0.3) is 0 Å². The van der Waals surface area contributed by atoms with Crippen molar-refractivity contribution in [2.24, 2.45) is 14.1 Å². The van der Waals surface area contributed by atoms with Crippen molar-refractivity contribution in [2.75, 3.05) is 19.3 Å². The second-order valence-electron chi connectivity index (χ2n) is 6.22. The Kier molecular flexibility index (Phi) is 5.58. The van der Waals surface area contributed by atoms with Gasteiger partial charge in [-0.3, -0.25) is 23.6 Å². The Labute approximate surface area is 146 Å². The molecule has 7 heteroatoms. The fraction of sp³-hybridized carbons (Fsp3) is 0.389. The van der Waals surface area contributed by atoms with Crippen molar-refractivity contribution >= 4 is 11.6 Å². The first kappa shape index (κ1) is 18.7. The van der Waals surface area contributed by atoms with Crippen molar-refractivity contribution in [1.29, 1.82) is 0 Å². The van der Waals surface area contributed by atoms with Crippen LogP contribution in [-0.2, 0) is 20.5 Å². The van der Waals surface area contributed by atoms with Gasteiger partial charge in [0.25, 0.3) is 5.56 Å². The number of nitrogens with two attached hydrogens (primary N) is 1. The van der Waals surface area contributed by atoms with Gasteiger partial charge in [0.1, 0.15) is 11.4 Å². The van der Waals surface area contributed by atoms with Crippen molar-refractivity contribution in [2.45, 2.75) is 19.4 Å². The number of likely N-dealkylation sites (N-methyl/N-ethyl adjacent to an activating group) is 1. The molecule has 0 fully saturated rings. The number of carbonyl (C=O) groups excluding carboxylic acids is 1. The second-order valence-corrected chi connectivity index (χ2v) is 6.22. The van der Waals surface area contributed by atoms with E-state index in [4.69, 9.17) is 5.73 Å². The van der Waals surface area contributed by atoms with Gasteiger partial charge in [-0.05, 0) is 26.0 Å². The molecule has 0 bridgehead atoms. The topological polar surface area (TPSA) is 90.3 Å². The standard InChI is InChI=1S/C18H24N4O3/c1-12(20(2)11-10-13-8-6-5-7-9-13)15(23)14-16(19)21(3)18(25)22(4)17(14)24/h5-9,12H,10-11,19H2,1-4H3/t12-/m1/s1. The van der Waals surface area contributed by atoms with Crippen LogP contribution in [0.5, 0.6) is 0 Å². The lowest BCUT2D eigenvalue weighted by atomic mass is 10.1. The van der Waals surface area contributed by atoms with Gasteiger partial charge in [0.2, 0.25) is 0 Å². The van der Waals surface area contributed by atoms with Crippen molar-refractivity contribution in [3.05, 3.63) is 62.3 Å². The molecule has 0 saturated heterocycles. The van der Waals surface area contributed by atoms with E-state index in [0.29, 0.717) is 6.54 Å². The highest BCUT2D eigenvalue weighted by Gasteiger charge is 2.26. The Bertz CT molecular complexity index is 884. The number of ketones is 1. The first-order valence-corrected chi connectivity index (χ1v) is 8.09. The minimum Gasteiger partial charge on any atom is -0.384 e. The van der Waals surface area contributed by atoms with Gasteiger partial charge in [0, 0.05) is 20.6 Å². The molecule has 1 atom stereocenters. The summed E-state index contributed by atoms with van der Waals surface area (Å²) < 4.78 is 2.02. The molecule has 2 aromatic rings. The van der Waals surface area contributed by atoms with Crippen molar-refractivity contribution < 1.29 is 4.79 Å². The molecular weight excluding hydrogens is 320 g/mol. The summed E-state index contributed by atoms with van der Waals surface area (Å²) in [6.07, 6.45) is 0.787. The lowest BCUT2D eigenvalue weighted by molar-refractivity contribution is 0.0867. The Balaban J connectivity index is 2.23. The van der Waals surface area contributed by atoms with E-state index in [0.717, 1.165) is 15.6 Å². The van der Waals surface area contributed by atoms with E-state index in [2.05, 4.69) is 0 Å². The molecule has 1 heterocycles. The molecule has 2 N–H and O–H groups in total. The van der Waals surface area contributed by atoms with Crippen LogP contribution in [0, 0.1) is 0 Å². The fourth-order valence-electron chi connectivity index (χ4n) is 2.64. The highest BCUT2D eigenvalue weighted by Crippen LogP contribution is 2.11. The molecule has 2 rings (SSSR count). The lowest BCUT2D eigenvalue weighted by Gasteiger charge is -2.24. The molecule has 0 aliphatic rings. The maximum Gasteiger partial charge on any atom is 0.332 e. The van der Waals surface area contributed by atoms with Crippen LogP contribution in [0.2, 0.25) is 0 Å². The van der Waals surface area contributed by atoms with Gasteiger partial charge in [-0.15, -0.1) is 0 Å². The van der Waals surface area contributed by atoms with Gasteiger partial charge >= 0.3 is 5.69 Å². The largest absolute Gasteiger partial charge is 0.384 e. The number of benzene rings is 1. The summed E-state index contributed by atoms with van der Waals surface area (Å²) in [4.78, 5) is 38.9. The number of hydrogen-bond donors (Lipinski definition) is 1. The molecule has 0 radical (unpaired) electrons. The third-order valence-corrected chi connectivity index (χ3v) is 4.59. The molecule has 7 nitrogen and oxygen atoms in total. The molecule has 25 heavy (non-hydrogen) atoms. The first-order valence-electron chi connectivity index (χ1n) is 8.09. The number of rotatable bonds is 6. The zero-order valence-electron chi connectivity index (χ0n) is 15.0. The van der Waals surface area contributed by atoms with Gasteiger partial charge < -0.3 is 5.73 Å². The molecule has 1 aromatic heterocycles. The average Bonchev–Trinajstić information content (AvgIpc) is 2.63. The van der Waals surface area contributed by atoms with Crippen LogP contribution < -0.4 is 17.0 Å². The normalized spacial score (nSPS) is 12.4. The van der Waals surface area contributed by atoms with Crippen LogP contribution >= 0.6 is 0 Å². The van der Waals surface area contributed by atoms with Gasteiger partial charge in [-0.2, -0.15) is 0 Å². The lowest BCUT2D eigenvalue weighted by Crippen LogP contribution is -2.45.